The van der Waals surface area contributed by atoms with Crippen LogP contribution in [0.5, 0.6) is 0 Å². The van der Waals surface area contributed by atoms with E-state index < -0.39 is 0 Å². The van der Waals surface area contributed by atoms with Gasteiger partial charge >= 0.3 is 5.97 Å². The van der Waals surface area contributed by atoms with Gasteiger partial charge in [-0.1, -0.05) is 23.7 Å². The van der Waals surface area contributed by atoms with Gasteiger partial charge < -0.3 is 9.15 Å². The highest BCUT2D eigenvalue weighted by atomic mass is 35.5. The summed E-state index contributed by atoms with van der Waals surface area (Å²) in [6.45, 7) is 3.58. The summed E-state index contributed by atoms with van der Waals surface area (Å²) in [7, 11) is 0. The number of rotatable bonds is 7. The maximum absolute atomic E-state index is 12.0. The lowest BCUT2D eigenvalue weighted by Gasteiger charge is -2.21. The van der Waals surface area contributed by atoms with Crippen molar-refractivity contribution in [2.75, 3.05) is 6.61 Å². The van der Waals surface area contributed by atoms with Crippen molar-refractivity contribution in [3.05, 3.63) is 58.5 Å². The van der Waals surface area contributed by atoms with Gasteiger partial charge in [-0.25, -0.2) is 4.79 Å². The summed E-state index contributed by atoms with van der Waals surface area (Å²) in [4.78, 5) is 14.3. The van der Waals surface area contributed by atoms with Gasteiger partial charge in [0.2, 0.25) is 0 Å². The van der Waals surface area contributed by atoms with Crippen LogP contribution in [0.4, 0.5) is 0 Å². The number of carbonyl (C=O) groups is 1. The number of halogens is 1. The number of nitrogens with zero attached hydrogens (tertiary/aromatic N) is 1. The minimum Gasteiger partial charge on any atom is -0.467 e. The number of hydrogen-bond acceptors (Lipinski definition) is 4. The van der Waals surface area contributed by atoms with Gasteiger partial charge in [-0.05, 0) is 43.5 Å². The van der Waals surface area contributed by atoms with Crippen molar-refractivity contribution in [1.82, 2.24) is 4.90 Å². The fourth-order valence-corrected chi connectivity index (χ4v) is 2.74. The number of carbonyl (C=O) groups excluding carboxylic acids is 1. The van der Waals surface area contributed by atoms with Crippen LogP contribution in [0.25, 0.3) is 0 Å². The van der Waals surface area contributed by atoms with E-state index in [4.69, 9.17) is 20.8 Å². The van der Waals surface area contributed by atoms with Gasteiger partial charge in [-0.15, -0.1) is 0 Å². The molecule has 0 N–H and O–H groups in total. The van der Waals surface area contributed by atoms with E-state index in [1.165, 1.54) is 18.4 Å². The molecule has 0 amide bonds. The molecule has 0 unspecified atom stereocenters. The Bertz CT molecular complexity index is 661. The SMILES string of the molecule is CCOC(=O)c1ccoc1CN(Cc1ccc(Cl)cc1)C1CC1. The summed E-state index contributed by atoms with van der Waals surface area (Å²) in [5.41, 5.74) is 1.72. The lowest BCUT2D eigenvalue weighted by Crippen LogP contribution is -2.25. The molecule has 1 aromatic heterocycles. The van der Waals surface area contributed by atoms with Gasteiger partial charge in [0.1, 0.15) is 11.3 Å². The molecule has 0 spiro atoms. The second-order valence-electron chi connectivity index (χ2n) is 5.74. The van der Waals surface area contributed by atoms with Gasteiger partial charge in [0.15, 0.2) is 0 Å². The average molecular weight is 334 g/mol. The van der Waals surface area contributed by atoms with E-state index in [0.29, 0.717) is 30.5 Å². The first kappa shape index (κ1) is 16.1. The summed E-state index contributed by atoms with van der Waals surface area (Å²) >= 11 is 5.94. The van der Waals surface area contributed by atoms with E-state index >= 15 is 0 Å². The Kier molecular flexibility index (Phi) is 5.03. The molecule has 1 heterocycles. The highest BCUT2D eigenvalue weighted by Gasteiger charge is 2.31. The molecule has 1 aliphatic carbocycles. The largest absolute Gasteiger partial charge is 0.467 e. The minimum absolute atomic E-state index is 0.321. The summed E-state index contributed by atoms with van der Waals surface area (Å²) in [6, 6.07) is 10.1. The van der Waals surface area contributed by atoms with Crippen LogP contribution in [0.1, 0.15) is 41.4 Å². The normalized spacial score (nSPS) is 14.2. The van der Waals surface area contributed by atoms with Gasteiger partial charge in [-0.2, -0.15) is 0 Å². The van der Waals surface area contributed by atoms with Crippen LogP contribution >= 0.6 is 11.6 Å². The van der Waals surface area contributed by atoms with Crippen LogP contribution in [0, 0.1) is 0 Å². The number of hydrogen-bond donors (Lipinski definition) is 0. The van der Waals surface area contributed by atoms with Crippen LogP contribution in [-0.4, -0.2) is 23.5 Å². The zero-order valence-corrected chi connectivity index (χ0v) is 13.9. The Hall–Kier alpha value is -1.78. The number of esters is 1. The van der Waals surface area contributed by atoms with E-state index in [0.717, 1.165) is 11.6 Å². The second kappa shape index (κ2) is 7.20. The summed E-state index contributed by atoms with van der Waals surface area (Å²) in [6.07, 6.45) is 3.92. The number of ether oxygens (including phenoxy) is 1. The van der Waals surface area contributed by atoms with Crippen molar-refractivity contribution in [1.29, 1.82) is 0 Å². The molecule has 1 aromatic carbocycles. The molecule has 23 heavy (non-hydrogen) atoms. The smallest absolute Gasteiger partial charge is 0.341 e. The fourth-order valence-electron chi connectivity index (χ4n) is 2.62. The van der Waals surface area contributed by atoms with Gasteiger partial charge in [-0.3, -0.25) is 4.90 Å². The quantitative estimate of drug-likeness (QED) is 0.709. The van der Waals surface area contributed by atoms with Crippen molar-refractivity contribution >= 4 is 17.6 Å². The molecule has 3 rings (SSSR count). The maximum Gasteiger partial charge on any atom is 0.341 e. The van der Waals surface area contributed by atoms with Gasteiger partial charge in [0.25, 0.3) is 0 Å². The van der Waals surface area contributed by atoms with E-state index in [-0.39, 0.29) is 5.97 Å². The number of benzene rings is 1. The van der Waals surface area contributed by atoms with E-state index in [1.54, 1.807) is 19.3 Å². The predicted molar refractivity (Wildman–Crippen MR) is 88.4 cm³/mol. The summed E-state index contributed by atoms with van der Waals surface area (Å²) in [5, 5.41) is 0.738. The van der Waals surface area contributed by atoms with Gasteiger partial charge in [0, 0.05) is 17.6 Å². The van der Waals surface area contributed by atoms with Crippen LogP contribution in [0.2, 0.25) is 5.02 Å². The minimum atomic E-state index is -0.321. The standard InChI is InChI=1S/C18H20ClNO3/c1-2-22-18(21)16-9-10-23-17(16)12-20(15-7-8-15)11-13-3-5-14(19)6-4-13/h3-6,9-10,15H,2,7-8,11-12H2,1H3. The summed E-state index contributed by atoms with van der Waals surface area (Å²) < 4.78 is 10.6. The lowest BCUT2D eigenvalue weighted by atomic mass is 10.2. The topological polar surface area (TPSA) is 42.7 Å². The molecule has 2 aromatic rings. The molecule has 5 heteroatoms. The first-order chi connectivity index (χ1) is 11.2. The van der Waals surface area contributed by atoms with Crippen molar-refractivity contribution in [2.24, 2.45) is 0 Å². The lowest BCUT2D eigenvalue weighted by molar-refractivity contribution is 0.0521. The molecule has 0 aliphatic heterocycles. The second-order valence-corrected chi connectivity index (χ2v) is 6.18. The molecule has 0 atom stereocenters. The molecule has 0 saturated heterocycles. The molecule has 0 bridgehead atoms. The zero-order chi connectivity index (χ0) is 16.2. The third-order valence-corrected chi connectivity index (χ3v) is 4.20. The monoisotopic (exact) mass is 333 g/mol. The van der Waals surface area contributed by atoms with Crippen LogP contribution in [0.3, 0.4) is 0 Å². The average Bonchev–Trinajstić information content (AvgIpc) is 3.28. The fraction of sp³-hybridized carbons (Fsp3) is 0.389. The Balaban J connectivity index is 1.72. The van der Waals surface area contributed by atoms with E-state index in [2.05, 4.69) is 4.90 Å². The molecule has 0 radical (unpaired) electrons. The highest BCUT2D eigenvalue weighted by molar-refractivity contribution is 6.30. The Labute approximate surface area is 141 Å². The number of furan rings is 1. The van der Waals surface area contributed by atoms with E-state index in [1.807, 2.05) is 24.3 Å². The molecule has 122 valence electrons. The van der Waals surface area contributed by atoms with Crippen molar-refractivity contribution in [3.63, 3.8) is 0 Å². The molecule has 1 fully saturated rings. The van der Waals surface area contributed by atoms with Crippen LogP contribution in [-0.2, 0) is 17.8 Å². The van der Waals surface area contributed by atoms with Crippen LogP contribution in [0.15, 0.2) is 41.0 Å². The zero-order valence-electron chi connectivity index (χ0n) is 13.1. The predicted octanol–water partition coefficient (Wildman–Crippen LogP) is 4.27. The Morgan fingerprint density at radius 1 is 1.26 bits per heavy atom. The first-order valence-electron chi connectivity index (χ1n) is 7.89. The van der Waals surface area contributed by atoms with Crippen molar-refractivity contribution < 1.29 is 13.9 Å². The van der Waals surface area contributed by atoms with Gasteiger partial charge in [0.05, 0.1) is 19.4 Å². The molecular formula is C18H20ClNO3. The molecule has 4 nitrogen and oxygen atoms in total. The third kappa shape index (κ3) is 4.15. The molecule has 1 saturated carbocycles. The van der Waals surface area contributed by atoms with Crippen molar-refractivity contribution in [3.8, 4) is 0 Å². The third-order valence-electron chi connectivity index (χ3n) is 3.95. The first-order valence-corrected chi connectivity index (χ1v) is 8.27. The summed E-state index contributed by atoms with van der Waals surface area (Å²) in [5.74, 6) is 0.350. The highest BCUT2D eigenvalue weighted by Crippen LogP contribution is 2.31. The molecular weight excluding hydrogens is 314 g/mol. The molecule has 1 aliphatic rings. The van der Waals surface area contributed by atoms with E-state index in [9.17, 15) is 4.79 Å². The maximum atomic E-state index is 12.0. The van der Waals surface area contributed by atoms with Crippen LogP contribution < -0.4 is 0 Å². The van der Waals surface area contributed by atoms with Crippen molar-refractivity contribution in [2.45, 2.75) is 38.9 Å². The Morgan fingerprint density at radius 2 is 2.00 bits per heavy atom. The Morgan fingerprint density at radius 3 is 2.65 bits per heavy atom.